The molecule has 0 radical (unpaired) electrons. The summed E-state index contributed by atoms with van der Waals surface area (Å²) >= 11 is 0. The molecule has 0 heterocycles. The van der Waals surface area contributed by atoms with E-state index >= 15 is 0 Å². The maximum absolute atomic E-state index is 12.8. The van der Waals surface area contributed by atoms with E-state index in [0.29, 0.717) is 18.9 Å². The predicted octanol–water partition coefficient (Wildman–Crippen LogP) is 4.40. The van der Waals surface area contributed by atoms with Gasteiger partial charge in [-0.2, -0.15) is 13.2 Å². The van der Waals surface area contributed by atoms with Gasteiger partial charge in [0.2, 0.25) is 0 Å². The Morgan fingerprint density at radius 3 is 2.70 bits per heavy atom. The Morgan fingerprint density at radius 1 is 1.35 bits per heavy atom. The van der Waals surface area contributed by atoms with E-state index in [0.717, 1.165) is 30.9 Å². The summed E-state index contributed by atoms with van der Waals surface area (Å²) in [6, 6.07) is 5.68. The third-order valence-electron chi connectivity index (χ3n) is 4.45. The van der Waals surface area contributed by atoms with Crippen LogP contribution in [-0.4, -0.2) is 6.54 Å². The van der Waals surface area contributed by atoms with E-state index in [2.05, 4.69) is 6.92 Å². The number of halogens is 3. The summed E-state index contributed by atoms with van der Waals surface area (Å²) in [5.41, 5.74) is 6.11. The van der Waals surface area contributed by atoms with Crippen molar-refractivity contribution < 1.29 is 13.2 Å². The zero-order valence-corrected chi connectivity index (χ0v) is 11.8. The third kappa shape index (κ3) is 3.54. The molecule has 0 spiro atoms. The highest BCUT2D eigenvalue weighted by atomic mass is 19.4. The van der Waals surface area contributed by atoms with Crippen LogP contribution >= 0.6 is 0 Å². The average Bonchev–Trinajstić information content (AvgIpc) is 2.38. The first kappa shape index (κ1) is 15.4. The summed E-state index contributed by atoms with van der Waals surface area (Å²) < 4.78 is 38.3. The van der Waals surface area contributed by atoms with E-state index in [1.54, 1.807) is 6.07 Å². The first-order valence-corrected chi connectivity index (χ1v) is 7.21. The molecule has 2 atom stereocenters. The lowest BCUT2D eigenvalue weighted by Crippen LogP contribution is -2.37. The summed E-state index contributed by atoms with van der Waals surface area (Å²) in [6.45, 7) is 2.75. The minimum absolute atomic E-state index is 0.0259. The third-order valence-corrected chi connectivity index (χ3v) is 4.45. The van der Waals surface area contributed by atoms with Crippen molar-refractivity contribution >= 4 is 0 Å². The van der Waals surface area contributed by atoms with Crippen LogP contribution in [0, 0.1) is 11.3 Å². The quantitative estimate of drug-likeness (QED) is 0.875. The van der Waals surface area contributed by atoms with Crippen molar-refractivity contribution in [2.24, 2.45) is 17.1 Å². The van der Waals surface area contributed by atoms with Gasteiger partial charge in [0, 0.05) is 0 Å². The van der Waals surface area contributed by atoms with Gasteiger partial charge in [0.05, 0.1) is 5.56 Å². The second kappa shape index (κ2) is 5.76. The van der Waals surface area contributed by atoms with Gasteiger partial charge in [-0.05, 0) is 48.8 Å². The van der Waals surface area contributed by atoms with Gasteiger partial charge >= 0.3 is 6.18 Å². The Kier molecular flexibility index (Phi) is 4.43. The molecule has 2 rings (SSSR count). The first-order valence-electron chi connectivity index (χ1n) is 7.21. The van der Waals surface area contributed by atoms with Crippen LogP contribution in [0.3, 0.4) is 0 Å². The lowest BCUT2D eigenvalue weighted by Gasteiger charge is -2.39. The molecular formula is C16H22F3N. The van der Waals surface area contributed by atoms with E-state index in [-0.39, 0.29) is 5.41 Å². The highest BCUT2D eigenvalue weighted by Gasteiger charge is 2.35. The molecule has 2 unspecified atom stereocenters. The molecule has 4 heteroatoms. The summed E-state index contributed by atoms with van der Waals surface area (Å²) in [6.07, 6.45) is 0.731. The van der Waals surface area contributed by atoms with Gasteiger partial charge in [-0.3, -0.25) is 0 Å². The molecule has 112 valence electrons. The molecule has 0 amide bonds. The van der Waals surface area contributed by atoms with Gasteiger partial charge in [-0.15, -0.1) is 0 Å². The molecule has 1 fully saturated rings. The zero-order valence-electron chi connectivity index (χ0n) is 11.8. The second-order valence-electron chi connectivity index (χ2n) is 6.28. The fraction of sp³-hybridized carbons (Fsp3) is 0.625. The van der Waals surface area contributed by atoms with Crippen LogP contribution in [0.15, 0.2) is 24.3 Å². The normalized spacial score (nSPS) is 27.6. The molecule has 1 nitrogen and oxygen atoms in total. The fourth-order valence-corrected chi connectivity index (χ4v) is 3.48. The Balaban J connectivity index is 2.19. The van der Waals surface area contributed by atoms with E-state index in [1.807, 2.05) is 0 Å². The van der Waals surface area contributed by atoms with Crippen molar-refractivity contribution in [1.82, 2.24) is 0 Å². The van der Waals surface area contributed by atoms with Crippen molar-refractivity contribution in [2.75, 3.05) is 6.54 Å². The van der Waals surface area contributed by atoms with Crippen molar-refractivity contribution in [3.8, 4) is 0 Å². The van der Waals surface area contributed by atoms with E-state index in [4.69, 9.17) is 5.73 Å². The molecule has 1 aromatic carbocycles. The van der Waals surface area contributed by atoms with Gasteiger partial charge in [0.1, 0.15) is 0 Å². The summed E-state index contributed by atoms with van der Waals surface area (Å²) in [7, 11) is 0. The number of benzene rings is 1. The minimum atomic E-state index is -4.27. The predicted molar refractivity (Wildman–Crippen MR) is 74.3 cm³/mol. The first-order chi connectivity index (χ1) is 9.35. The lowest BCUT2D eigenvalue weighted by molar-refractivity contribution is -0.137. The number of rotatable bonds is 3. The molecule has 1 aliphatic rings. The molecule has 1 aromatic rings. The molecule has 2 N–H and O–H groups in total. The Morgan fingerprint density at radius 2 is 2.10 bits per heavy atom. The molecule has 0 bridgehead atoms. The van der Waals surface area contributed by atoms with E-state index in [1.165, 1.54) is 18.6 Å². The van der Waals surface area contributed by atoms with Crippen molar-refractivity contribution in [3.05, 3.63) is 35.4 Å². The monoisotopic (exact) mass is 285 g/mol. The van der Waals surface area contributed by atoms with Crippen LogP contribution < -0.4 is 5.73 Å². The molecule has 1 saturated carbocycles. The minimum Gasteiger partial charge on any atom is -0.330 e. The number of hydrogen-bond donors (Lipinski definition) is 1. The van der Waals surface area contributed by atoms with Gasteiger partial charge < -0.3 is 5.73 Å². The van der Waals surface area contributed by atoms with Crippen LogP contribution in [0.4, 0.5) is 13.2 Å². The Labute approximate surface area is 118 Å². The molecular weight excluding hydrogens is 263 g/mol. The van der Waals surface area contributed by atoms with Gasteiger partial charge in [-0.1, -0.05) is 38.0 Å². The van der Waals surface area contributed by atoms with Crippen LogP contribution in [0.25, 0.3) is 0 Å². The number of hydrogen-bond acceptors (Lipinski definition) is 1. The van der Waals surface area contributed by atoms with Crippen molar-refractivity contribution in [2.45, 2.75) is 45.2 Å². The highest BCUT2D eigenvalue weighted by molar-refractivity contribution is 5.26. The maximum Gasteiger partial charge on any atom is 0.416 e. The maximum atomic E-state index is 12.8. The highest BCUT2D eigenvalue weighted by Crippen LogP contribution is 2.41. The molecule has 0 aliphatic heterocycles. The van der Waals surface area contributed by atoms with Gasteiger partial charge in [-0.25, -0.2) is 0 Å². The zero-order chi connectivity index (χ0) is 14.8. The average molecular weight is 285 g/mol. The summed E-state index contributed by atoms with van der Waals surface area (Å²) in [5.74, 6) is 0.609. The second-order valence-corrected chi connectivity index (χ2v) is 6.28. The van der Waals surface area contributed by atoms with Crippen LogP contribution in [0.1, 0.15) is 43.7 Å². The van der Waals surface area contributed by atoms with Gasteiger partial charge in [0.15, 0.2) is 0 Å². The molecule has 20 heavy (non-hydrogen) atoms. The fourth-order valence-electron chi connectivity index (χ4n) is 3.48. The Hall–Kier alpha value is -1.03. The standard InChI is InChI=1S/C16H22F3N/c1-12-4-3-7-15(9-12,11-20)10-13-5-2-6-14(8-13)16(17,18)19/h2,5-6,8,12H,3-4,7,9-11,20H2,1H3. The Bertz CT molecular complexity index is 455. The molecule has 1 aliphatic carbocycles. The lowest BCUT2D eigenvalue weighted by atomic mass is 9.67. The molecule has 0 saturated heterocycles. The summed E-state index contributed by atoms with van der Waals surface area (Å²) in [5, 5.41) is 0. The smallest absolute Gasteiger partial charge is 0.330 e. The van der Waals surface area contributed by atoms with E-state index in [9.17, 15) is 13.2 Å². The van der Waals surface area contributed by atoms with Crippen LogP contribution in [0.2, 0.25) is 0 Å². The largest absolute Gasteiger partial charge is 0.416 e. The van der Waals surface area contributed by atoms with Crippen molar-refractivity contribution in [3.63, 3.8) is 0 Å². The molecule has 0 aromatic heterocycles. The van der Waals surface area contributed by atoms with Gasteiger partial charge in [0.25, 0.3) is 0 Å². The van der Waals surface area contributed by atoms with Crippen LogP contribution in [0.5, 0.6) is 0 Å². The van der Waals surface area contributed by atoms with Crippen molar-refractivity contribution in [1.29, 1.82) is 0 Å². The van der Waals surface area contributed by atoms with Crippen LogP contribution in [-0.2, 0) is 12.6 Å². The SMILES string of the molecule is CC1CCCC(CN)(Cc2cccc(C(F)(F)F)c2)C1. The number of alkyl halides is 3. The summed E-state index contributed by atoms with van der Waals surface area (Å²) in [4.78, 5) is 0. The number of nitrogens with two attached hydrogens (primary N) is 1. The topological polar surface area (TPSA) is 26.0 Å². The van der Waals surface area contributed by atoms with E-state index < -0.39 is 11.7 Å².